The fourth-order valence-corrected chi connectivity index (χ4v) is 5.58. The van der Waals surface area contributed by atoms with E-state index in [0.717, 1.165) is 10.9 Å². The monoisotopic (exact) mass is 581 g/mol. The van der Waals surface area contributed by atoms with E-state index in [1.165, 1.54) is 88.5 Å². The lowest BCUT2D eigenvalue weighted by molar-refractivity contribution is -0.136. The van der Waals surface area contributed by atoms with Crippen LogP contribution in [0.15, 0.2) is 53.4 Å². The summed E-state index contributed by atoms with van der Waals surface area (Å²) in [5.74, 6) is -1.37. The van der Waals surface area contributed by atoms with Gasteiger partial charge in [-0.15, -0.1) is 11.8 Å². The number of aromatic hydroxyl groups is 2. The van der Waals surface area contributed by atoms with Crippen molar-refractivity contribution in [1.82, 2.24) is 0 Å². The molecule has 3 aromatic carbocycles. The van der Waals surface area contributed by atoms with Gasteiger partial charge in [0, 0.05) is 16.0 Å². The molecule has 3 aromatic rings. The Morgan fingerprint density at radius 1 is 0.780 bits per heavy atom. The number of carbonyl (C=O) groups excluding carboxylic acids is 1. The van der Waals surface area contributed by atoms with Gasteiger partial charge in [-0.2, -0.15) is 0 Å². The van der Waals surface area contributed by atoms with Gasteiger partial charge in [-0.3, -0.25) is 9.59 Å². The number of anilines is 1. The normalized spacial score (nSPS) is 10.7. The number of phenols is 2. The molecule has 0 bridgehead atoms. The van der Waals surface area contributed by atoms with E-state index >= 15 is 0 Å². The fourth-order valence-electron chi connectivity index (χ4n) is 4.54. The van der Waals surface area contributed by atoms with Crippen LogP contribution < -0.4 is 5.32 Å². The first-order valence-corrected chi connectivity index (χ1v) is 16.0. The summed E-state index contributed by atoms with van der Waals surface area (Å²) in [4.78, 5) is 24.3. The standard InChI is InChI=1S/C21H19NO5S.C13H28/c1-12-6-7-17(23)16(10-12)22-21(27)15-11-18(28-9-8-19(24)25)13-4-2-3-5-14(13)20(15)26;1-3-5-7-9-11-13-12-10-8-6-4-2/h2-7,10-11,23,26H,8-9H2,1H3,(H,22,27)(H,24,25);3-13H2,1-2H3. The van der Waals surface area contributed by atoms with Crippen molar-refractivity contribution in [3.8, 4) is 11.5 Å². The second-order valence-electron chi connectivity index (χ2n) is 10.5. The second kappa shape index (κ2) is 19.0. The van der Waals surface area contributed by atoms with Crippen molar-refractivity contribution in [2.45, 2.75) is 103 Å². The van der Waals surface area contributed by atoms with Gasteiger partial charge < -0.3 is 20.6 Å². The molecule has 0 unspecified atom stereocenters. The summed E-state index contributed by atoms with van der Waals surface area (Å²) in [6.45, 7) is 6.40. The minimum Gasteiger partial charge on any atom is -0.506 e. The summed E-state index contributed by atoms with van der Waals surface area (Å²) in [5, 5.41) is 33.3. The van der Waals surface area contributed by atoms with E-state index in [-0.39, 0.29) is 29.2 Å². The van der Waals surface area contributed by atoms with Gasteiger partial charge in [-0.1, -0.05) is 115 Å². The first kappa shape index (κ1) is 34.0. The van der Waals surface area contributed by atoms with Crippen LogP contribution in [0.3, 0.4) is 0 Å². The van der Waals surface area contributed by atoms with Gasteiger partial charge in [0.05, 0.1) is 17.7 Å². The van der Waals surface area contributed by atoms with Crippen LogP contribution in [0, 0.1) is 6.92 Å². The van der Waals surface area contributed by atoms with E-state index in [2.05, 4.69) is 19.2 Å². The molecular weight excluding hydrogens is 534 g/mol. The molecule has 1 amide bonds. The van der Waals surface area contributed by atoms with Crippen LogP contribution in [-0.2, 0) is 4.79 Å². The summed E-state index contributed by atoms with van der Waals surface area (Å²) in [5.41, 5.74) is 1.16. The van der Waals surface area contributed by atoms with E-state index in [0.29, 0.717) is 16.0 Å². The average Bonchev–Trinajstić information content (AvgIpc) is 2.95. The lowest BCUT2D eigenvalue weighted by Crippen LogP contribution is -2.13. The second-order valence-corrected chi connectivity index (χ2v) is 11.6. The molecule has 0 fully saturated rings. The third-order valence-electron chi connectivity index (χ3n) is 6.90. The Balaban J connectivity index is 0.000000383. The SMILES string of the molecule is CCCCCCCCCCCCC.Cc1ccc(O)c(NC(=O)c2cc(SCCC(=O)O)c3ccccc3c2O)c1. The number of nitrogens with one attached hydrogen (secondary N) is 1. The molecule has 0 atom stereocenters. The number of aliphatic carboxylic acids is 1. The molecule has 0 saturated heterocycles. The van der Waals surface area contributed by atoms with Crippen molar-refractivity contribution < 1.29 is 24.9 Å². The van der Waals surface area contributed by atoms with Gasteiger partial charge in [0.25, 0.3) is 5.91 Å². The van der Waals surface area contributed by atoms with Crippen molar-refractivity contribution in [2.75, 3.05) is 11.1 Å². The van der Waals surface area contributed by atoms with E-state index in [9.17, 15) is 19.8 Å². The van der Waals surface area contributed by atoms with Crippen molar-refractivity contribution >= 4 is 40.1 Å². The molecule has 0 radical (unpaired) electrons. The van der Waals surface area contributed by atoms with Gasteiger partial charge in [0.1, 0.15) is 11.5 Å². The van der Waals surface area contributed by atoms with Gasteiger partial charge in [-0.25, -0.2) is 0 Å². The van der Waals surface area contributed by atoms with Crippen LogP contribution in [0.4, 0.5) is 5.69 Å². The van der Waals surface area contributed by atoms with Crippen molar-refractivity contribution in [3.63, 3.8) is 0 Å². The highest BCUT2D eigenvalue weighted by molar-refractivity contribution is 7.99. The molecule has 0 heterocycles. The molecule has 0 aliphatic heterocycles. The summed E-state index contributed by atoms with van der Waals surface area (Å²) in [7, 11) is 0. The minimum absolute atomic E-state index is 0.0153. The third-order valence-corrected chi connectivity index (χ3v) is 7.96. The van der Waals surface area contributed by atoms with Crippen molar-refractivity contribution in [3.05, 3.63) is 59.7 Å². The molecule has 0 spiro atoms. The number of hydrogen-bond donors (Lipinski definition) is 4. The topological polar surface area (TPSA) is 107 Å². The Hall–Kier alpha value is -3.19. The summed E-state index contributed by atoms with van der Waals surface area (Å²) < 4.78 is 0. The van der Waals surface area contributed by atoms with Crippen molar-refractivity contribution in [1.29, 1.82) is 0 Å². The molecule has 6 nitrogen and oxygen atoms in total. The Kier molecular flexibility index (Phi) is 15.8. The zero-order chi connectivity index (χ0) is 30.0. The number of phenolic OH excluding ortho intramolecular Hbond substituents is 2. The van der Waals surface area contributed by atoms with Crippen LogP contribution >= 0.6 is 11.8 Å². The zero-order valence-corrected chi connectivity index (χ0v) is 25.7. The number of thioether (sulfide) groups is 1. The predicted molar refractivity (Wildman–Crippen MR) is 172 cm³/mol. The van der Waals surface area contributed by atoms with E-state index in [1.807, 2.05) is 19.1 Å². The number of hydrogen-bond acceptors (Lipinski definition) is 5. The van der Waals surface area contributed by atoms with Crippen LogP contribution in [0.5, 0.6) is 11.5 Å². The number of carbonyl (C=O) groups is 2. The van der Waals surface area contributed by atoms with Crippen molar-refractivity contribution in [2.24, 2.45) is 0 Å². The number of fused-ring (bicyclic) bond motifs is 1. The number of rotatable bonds is 16. The lowest BCUT2D eigenvalue weighted by Gasteiger charge is -2.14. The average molecular weight is 582 g/mol. The molecular formula is C34H47NO5S. The largest absolute Gasteiger partial charge is 0.506 e. The van der Waals surface area contributed by atoms with Gasteiger partial charge in [-0.05, 0) is 36.1 Å². The first-order valence-electron chi connectivity index (χ1n) is 15.0. The maximum Gasteiger partial charge on any atom is 0.304 e. The van der Waals surface area contributed by atoms with Crippen LogP contribution in [0.25, 0.3) is 10.8 Å². The van der Waals surface area contributed by atoms with Gasteiger partial charge >= 0.3 is 5.97 Å². The van der Waals surface area contributed by atoms with E-state index in [1.54, 1.807) is 30.3 Å². The Bertz CT molecular complexity index is 1230. The number of benzene rings is 3. The molecule has 0 aromatic heterocycles. The number of carboxylic acid groups (broad SMARTS) is 1. The lowest BCUT2D eigenvalue weighted by atomic mass is 10.0. The number of aryl methyl sites for hydroxylation is 1. The quantitative estimate of drug-likeness (QED) is 0.0762. The Morgan fingerprint density at radius 2 is 1.34 bits per heavy atom. The highest BCUT2D eigenvalue weighted by Gasteiger charge is 2.19. The maximum atomic E-state index is 12.8. The Labute approximate surface area is 249 Å². The minimum atomic E-state index is -0.900. The summed E-state index contributed by atoms with van der Waals surface area (Å²) >= 11 is 1.31. The smallest absolute Gasteiger partial charge is 0.304 e. The number of carboxylic acids is 1. The van der Waals surface area contributed by atoms with Gasteiger partial charge in [0.15, 0.2) is 0 Å². The van der Waals surface area contributed by atoms with Crippen LogP contribution in [0.1, 0.15) is 107 Å². The summed E-state index contributed by atoms with van der Waals surface area (Å²) in [6, 6.07) is 13.5. The first-order chi connectivity index (χ1) is 19.8. The summed E-state index contributed by atoms with van der Waals surface area (Å²) in [6.07, 6.45) is 15.9. The number of unbranched alkanes of at least 4 members (excludes halogenated alkanes) is 10. The maximum absolute atomic E-state index is 12.8. The third kappa shape index (κ3) is 12.1. The van der Waals surface area contributed by atoms with E-state index < -0.39 is 11.9 Å². The molecule has 0 saturated carbocycles. The predicted octanol–water partition coefficient (Wildman–Crippen LogP) is 9.70. The molecule has 41 heavy (non-hydrogen) atoms. The molecule has 0 aliphatic rings. The highest BCUT2D eigenvalue weighted by atomic mass is 32.2. The van der Waals surface area contributed by atoms with Crippen LogP contribution in [0.2, 0.25) is 0 Å². The highest BCUT2D eigenvalue weighted by Crippen LogP contribution is 2.37. The Morgan fingerprint density at radius 3 is 1.90 bits per heavy atom. The molecule has 0 aliphatic carbocycles. The molecule has 3 rings (SSSR count). The number of amides is 1. The molecule has 7 heteroatoms. The zero-order valence-electron chi connectivity index (χ0n) is 24.9. The fraction of sp³-hybridized carbons (Fsp3) is 0.471. The van der Waals surface area contributed by atoms with Crippen LogP contribution in [-0.4, -0.2) is 32.9 Å². The van der Waals surface area contributed by atoms with Gasteiger partial charge in [0.2, 0.25) is 0 Å². The van der Waals surface area contributed by atoms with E-state index in [4.69, 9.17) is 5.11 Å². The molecule has 224 valence electrons. The molecule has 4 N–H and O–H groups in total.